The maximum Gasteiger partial charge on any atom is 0.258 e. The van der Waals surface area contributed by atoms with Crippen LogP contribution in [0, 0.1) is 5.92 Å². The van der Waals surface area contributed by atoms with E-state index in [-0.39, 0.29) is 0 Å². The highest BCUT2D eigenvalue weighted by molar-refractivity contribution is 5.69. The summed E-state index contributed by atoms with van der Waals surface area (Å²) in [5.41, 5.74) is 7.23. The number of hydrogen-bond acceptors (Lipinski definition) is 3. The third-order valence-electron chi connectivity index (χ3n) is 6.08. The second kappa shape index (κ2) is 8.35. The van der Waals surface area contributed by atoms with Gasteiger partial charge in [-0.05, 0) is 53.1 Å². The Morgan fingerprint density at radius 2 is 1.55 bits per heavy atom. The fourth-order valence-corrected chi connectivity index (χ4v) is 4.26. The summed E-state index contributed by atoms with van der Waals surface area (Å²) in [6.07, 6.45) is 6.55. The fraction of sp³-hybridized carbons (Fsp3) is 0.214. The van der Waals surface area contributed by atoms with E-state index in [0.29, 0.717) is 23.6 Å². The van der Waals surface area contributed by atoms with Crippen LogP contribution in [0.5, 0.6) is 0 Å². The molecule has 0 aliphatic heterocycles. The van der Waals surface area contributed by atoms with E-state index in [4.69, 9.17) is 4.52 Å². The highest BCUT2D eigenvalue weighted by Gasteiger charge is 2.21. The van der Waals surface area contributed by atoms with Crippen LogP contribution in [0.25, 0.3) is 28.9 Å². The summed E-state index contributed by atoms with van der Waals surface area (Å²) >= 11 is 0. The Balaban J connectivity index is 1.30. The molecule has 3 aromatic carbocycles. The Bertz CT molecular complexity index is 1200. The summed E-state index contributed by atoms with van der Waals surface area (Å²) < 4.78 is 5.59. The molecule has 0 saturated carbocycles. The monoisotopic (exact) mass is 406 g/mol. The van der Waals surface area contributed by atoms with E-state index in [9.17, 15) is 0 Å². The van der Waals surface area contributed by atoms with Gasteiger partial charge in [-0.25, -0.2) is 0 Å². The van der Waals surface area contributed by atoms with Gasteiger partial charge in [0.2, 0.25) is 5.82 Å². The molecule has 0 spiro atoms. The van der Waals surface area contributed by atoms with Crippen LogP contribution in [0.1, 0.15) is 42.0 Å². The van der Waals surface area contributed by atoms with E-state index in [1.54, 1.807) is 0 Å². The zero-order chi connectivity index (χ0) is 21.2. The fourth-order valence-electron chi connectivity index (χ4n) is 4.26. The Hall–Kier alpha value is -3.46. The predicted octanol–water partition coefficient (Wildman–Crippen LogP) is 6.96. The molecular weight excluding hydrogens is 380 g/mol. The van der Waals surface area contributed by atoms with Crippen LogP contribution in [-0.4, -0.2) is 10.1 Å². The van der Waals surface area contributed by atoms with Crippen molar-refractivity contribution < 1.29 is 4.52 Å². The lowest BCUT2D eigenvalue weighted by molar-refractivity contribution is 0.432. The molecule has 1 heterocycles. The van der Waals surface area contributed by atoms with Crippen LogP contribution in [0.4, 0.5) is 0 Å². The van der Waals surface area contributed by atoms with Gasteiger partial charge in [0.25, 0.3) is 5.89 Å². The highest BCUT2D eigenvalue weighted by atomic mass is 16.5. The van der Waals surface area contributed by atoms with E-state index >= 15 is 0 Å². The molecule has 0 bridgehead atoms. The highest BCUT2D eigenvalue weighted by Crippen LogP contribution is 2.37. The summed E-state index contributed by atoms with van der Waals surface area (Å²) in [5, 5.41) is 4.22. The molecular formula is C28H26N2O. The third kappa shape index (κ3) is 4.09. The molecule has 4 aromatic rings. The number of aryl methyl sites for hydroxylation is 2. The molecule has 1 aromatic heterocycles. The second-order valence-electron chi connectivity index (χ2n) is 8.58. The van der Waals surface area contributed by atoms with Crippen molar-refractivity contribution >= 4 is 6.08 Å². The Morgan fingerprint density at radius 3 is 2.29 bits per heavy atom. The van der Waals surface area contributed by atoms with Crippen molar-refractivity contribution in [2.75, 3.05) is 0 Å². The Kier molecular flexibility index (Phi) is 5.25. The molecule has 3 heteroatoms. The number of rotatable bonds is 6. The van der Waals surface area contributed by atoms with E-state index < -0.39 is 0 Å². The lowest BCUT2D eigenvalue weighted by atomic mass is 9.90. The van der Waals surface area contributed by atoms with Crippen molar-refractivity contribution in [3.63, 3.8) is 0 Å². The summed E-state index contributed by atoms with van der Waals surface area (Å²) in [6, 6.07) is 25.5. The van der Waals surface area contributed by atoms with Crippen molar-refractivity contribution in [1.82, 2.24) is 10.1 Å². The average molecular weight is 407 g/mol. The molecule has 1 aliphatic rings. The van der Waals surface area contributed by atoms with Crippen LogP contribution in [0.15, 0.2) is 83.4 Å². The average Bonchev–Trinajstić information content (AvgIpc) is 3.46. The largest absolute Gasteiger partial charge is 0.334 e. The van der Waals surface area contributed by atoms with Crippen molar-refractivity contribution in [2.45, 2.75) is 32.6 Å². The van der Waals surface area contributed by atoms with Gasteiger partial charge in [0, 0.05) is 17.0 Å². The molecule has 0 N–H and O–H groups in total. The van der Waals surface area contributed by atoms with Crippen LogP contribution in [-0.2, 0) is 12.8 Å². The number of allylic oxidation sites excluding steroid dienone is 1. The molecule has 3 nitrogen and oxygen atoms in total. The number of fused-ring (bicyclic) bond motifs is 1. The van der Waals surface area contributed by atoms with Crippen molar-refractivity contribution in [2.24, 2.45) is 5.92 Å². The zero-order valence-corrected chi connectivity index (χ0v) is 18.0. The summed E-state index contributed by atoms with van der Waals surface area (Å²) in [7, 11) is 0. The van der Waals surface area contributed by atoms with Crippen molar-refractivity contribution in [1.29, 1.82) is 0 Å². The van der Waals surface area contributed by atoms with Gasteiger partial charge in [-0.3, -0.25) is 0 Å². The standard InChI is InChI=1S/C28H26N2O/c1-19(2)25-16-14-23-18-24(15-17-26(23)25)28-29-27(30-31-28)22-12-10-21(11-13-22)9-8-20-6-4-3-5-7-20/h3-7,10-19,25H,8-9H2,1-2H3. The molecule has 5 rings (SSSR count). The molecule has 1 unspecified atom stereocenters. The third-order valence-corrected chi connectivity index (χ3v) is 6.08. The molecule has 0 amide bonds. The van der Waals surface area contributed by atoms with Gasteiger partial charge in [-0.2, -0.15) is 4.98 Å². The van der Waals surface area contributed by atoms with Crippen molar-refractivity contribution in [3.8, 4) is 22.8 Å². The lowest BCUT2D eigenvalue weighted by Gasteiger charge is -2.14. The number of aromatic nitrogens is 2. The zero-order valence-electron chi connectivity index (χ0n) is 18.0. The summed E-state index contributed by atoms with van der Waals surface area (Å²) in [6.45, 7) is 4.52. The summed E-state index contributed by atoms with van der Waals surface area (Å²) in [4.78, 5) is 4.65. The SMILES string of the molecule is CC(C)C1C=Cc2cc(-c3nc(-c4ccc(CCc5ccccc5)cc4)no3)ccc21. The van der Waals surface area contributed by atoms with Gasteiger partial charge < -0.3 is 4.52 Å². The minimum Gasteiger partial charge on any atom is -0.334 e. The maximum absolute atomic E-state index is 5.59. The molecule has 1 atom stereocenters. The smallest absolute Gasteiger partial charge is 0.258 e. The van der Waals surface area contributed by atoms with Gasteiger partial charge in [-0.15, -0.1) is 0 Å². The van der Waals surface area contributed by atoms with Crippen molar-refractivity contribution in [3.05, 3.63) is 101 Å². The number of benzene rings is 3. The predicted molar refractivity (Wildman–Crippen MR) is 126 cm³/mol. The van der Waals surface area contributed by atoms with Gasteiger partial charge in [-0.1, -0.05) is 91.8 Å². The van der Waals surface area contributed by atoms with Gasteiger partial charge in [0.05, 0.1) is 0 Å². The molecule has 1 aliphatic carbocycles. The first kappa shape index (κ1) is 19.5. The van der Waals surface area contributed by atoms with E-state index in [1.807, 2.05) is 0 Å². The van der Waals surface area contributed by atoms with E-state index in [2.05, 4.69) is 109 Å². The molecule has 0 fully saturated rings. The molecule has 0 radical (unpaired) electrons. The molecule has 154 valence electrons. The Labute approximate surface area is 183 Å². The van der Waals surface area contributed by atoms with E-state index in [1.165, 1.54) is 22.3 Å². The number of hydrogen-bond donors (Lipinski definition) is 0. The quantitative estimate of drug-likeness (QED) is 0.347. The minimum absolute atomic E-state index is 0.489. The molecule has 0 saturated heterocycles. The first-order valence-corrected chi connectivity index (χ1v) is 11.0. The van der Waals surface area contributed by atoms with Crippen LogP contribution in [0.3, 0.4) is 0 Å². The van der Waals surface area contributed by atoms with Gasteiger partial charge in [0.1, 0.15) is 0 Å². The van der Waals surface area contributed by atoms with Crippen LogP contribution in [0.2, 0.25) is 0 Å². The minimum atomic E-state index is 0.489. The normalized spacial score (nSPS) is 14.9. The summed E-state index contributed by atoms with van der Waals surface area (Å²) in [5.74, 6) is 2.27. The first-order valence-electron chi connectivity index (χ1n) is 11.0. The van der Waals surface area contributed by atoms with E-state index in [0.717, 1.165) is 24.0 Å². The van der Waals surface area contributed by atoms with Crippen LogP contribution < -0.4 is 0 Å². The molecule has 31 heavy (non-hydrogen) atoms. The van der Waals surface area contributed by atoms with Crippen LogP contribution >= 0.6 is 0 Å². The number of nitrogens with zero attached hydrogens (tertiary/aromatic N) is 2. The lowest BCUT2D eigenvalue weighted by Crippen LogP contribution is -2.01. The second-order valence-corrected chi connectivity index (χ2v) is 8.58. The maximum atomic E-state index is 5.59. The Morgan fingerprint density at radius 1 is 0.839 bits per heavy atom. The topological polar surface area (TPSA) is 38.9 Å². The first-order chi connectivity index (χ1) is 15.2. The van der Waals surface area contributed by atoms with Gasteiger partial charge >= 0.3 is 0 Å². The van der Waals surface area contributed by atoms with Gasteiger partial charge in [0.15, 0.2) is 0 Å².